The van der Waals surface area contributed by atoms with Gasteiger partial charge in [0, 0.05) is 6.08 Å². The predicted molar refractivity (Wildman–Crippen MR) is 43.3 cm³/mol. The molecular weight excluding hydrogens is 176 g/mol. The van der Waals surface area contributed by atoms with E-state index in [0.29, 0.717) is 6.29 Å². The van der Waals surface area contributed by atoms with E-state index in [1.807, 2.05) is 0 Å². The number of nitrogens with one attached hydrogen (secondary N) is 1. The molecule has 2 atom stereocenters. The van der Waals surface area contributed by atoms with Crippen LogP contribution in [0.25, 0.3) is 0 Å². The molecule has 0 bridgehead atoms. The highest BCUT2D eigenvalue weighted by molar-refractivity contribution is 5.85. The Morgan fingerprint density at radius 2 is 2.31 bits per heavy atom. The van der Waals surface area contributed by atoms with Gasteiger partial charge in [-0.25, -0.2) is 4.79 Å². The first-order valence-electron chi connectivity index (χ1n) is 3.48. The number of hydrogen-bond donors (Lipinski definition) is 3. The summed E-state index contributed by atoms with van der Waals surface area (Å²) in [5.74, 6) is 0.654. The maximum Gasteiger partial charge on any atom is 0.240 e. The quantitative estimate of drug-likeness (QED) is 0.321. The third-order valence-electron chi connectivity index (χ3n) is 1.24. The lowest BCUT2D eigenvalue weighted by Crippen LogP contribution is -2.47. The smallest absolute Gasteiger partial charge is 0.240 e. The van der Waals surface area contributed by atoms with Crippen molar-refractivity contribution in [2.24, 2.45) is 5.73 Å². The Balaban J connectivity index is 4.15. The van der Waals surface area contributed by atoms with Gasteiger partial charge < -0.3 is 21.0 Å². The van der Waals surface area contributed by atoms with Gasteiger partial charge in [-0.15, -0.1) is 0 Å². The molecule has 0 aliphatic carbocycles. The van der Waals surface area contributed by atoms with Crippen LogP contribution in [0.1, 0.15) is 0 Å². The van der Waals surface area contributed by atoms with Gasteiger partial charge in [0.15, 0.2) is 0 Å². The molecule has 0 aromatic carbocycles. The average Bonchev–Trinajstić information content (AvgIpc) is 2.15. The van der Waals surface area contributed by atoms with E-state index < -0.39 is 24.6 Å². The molecule has 1 amide bonds. The van der Waals surface area contributed by atoms with Crippen molar-refractivity contribution in [1.82, 2.24) is 5.32 Å². The largest absolute Gasteiger partial charge is 0.394 e. The van der Waals surface area contributed by atoms with Crippen LogP contribution in [0, 0.1) is 0 Å². The number of aldehydes is 1. The van der Waals surface area contributed by atoms with E-state index in [4.69, 9.17) is 10.8 Å². The molecule has 0 aliphatic heterocycles. The zero-order valence-electron chi connectivity index (χ0n) is 6.77. The highest BCUT2D eigenvalue weighted by atomic mass is 16.3. The zero-order valence-corrected chi connectivity index (χ0v) is 6.77. The Bertz CT molecular complexity index is 235. The molecule has 0 fully saturated rings. The number of nitrogens with two attached hydrogens (primary N) is 1. The number of amides is 1. The van der Waals surface area contributed by atoms with Crippen LogP contribution in [0.5, 0.6) is 0 Å². The Kier molecular flexibility index (Phi) is 5.38. The first kappa shape index (κ1) is 11.5. The van der Waals surface area contributed by atoms with Crippen LogP contribution in [0.4, 0.5) is 0 Å². The van der Waals surface area contributed by atoms with Crippen LogP contribution in [0.2, 0.25) is 0 Å². The molecule has 0 saturated carbocycles. The van der Waals surface area contributed by atoms with Gasteiger partial charge >= 0.3 is 0 Å². The van der Waals surface area contributed by atoms with Crippen LogP contribution >= 0.6 is 0 Å². The van der Waals surface area contributed by atoms with Gasteiger partial charge in [-0.05, 0) is 0 Å². The van der Waals surface area contributed by atoms with Crippen molar-refractivity contribution in [2.45, 2.75) is 12.1 Å². The minimum atomic E-state index is -1.09. The molecule has 0 heterocycles. The molecule has 0 radical (unpaired) electrons. The second kappa shape index (κ2) is 6.07. The van der Waals surface area contributed by atoms with Crippen LogP contribution in [-0.2, 0) is 14.4 Å². The van der Waals surface area contributed by atoms with Gasteiger partial charge in [-0.2, -0.15) is 0 Å². The maximum absolute atomic E-state index is 10.9. The second-order valence-corrected chi connectivity index (χ2v) is 2.24. The third kappa shape index (κ3) is 4.17. The van der Waals surface area contributed by atoms with Crippen molar-refractivity contribution in [3.05, 3.63) is 6.08 Å². The van der Waals surface area contributed by atoms with Gasteiger partial charge in [0.25, 0.3) is 0 Å². The zero-order chi connectivity index (χ0) is 10.3. The monoisotopic (exact) mass is 186 g/mol. The number of aliphatic hydroxyl groups is 1. The summed E-state index contributed by atoms with van der Waals surface area (Å²) >= 11 is 0. The van der Waals surface area contributed by atoms with Gasteiger partial charge in [-0.1, -0.05) is 0 Å². The Morgan fingerprint density at radius 1 is 1.69 bits per heavy atom. The van der Waals surface area contributed by atoms with Gasteiger partial charge in [0.05, 0.1) is 6.61 Å². The fourth-order valence-electron chi connectivity index (χ4n) is 0.542. The number of carbonyl (C=O) groups excluding carboxylic acids is 3. The summed E-state index contributed by atoms with van der Waals surface area (Å²) in [4.78, 5) is 31.0. The fraction of sp³-hybridized carbons (Fsp3) is 0.429. The van der Waals surface area contributed by atoms with E-state index in [2.05, 4.69) is 5.32 Å². The second-order valence-electron chi connectivity index (χ2n) is 2.24. The van der Waals surface area contributed by atoms with E-state index in [0.717, 1.165) is 6.08 Å². The SMILES string of the molecule is N[C@H](CO)C(=O)N[C@H](C=O)C=C=O. The summed E-state index contributed by atoms with van der Waals surface area (Å²) in [6.45, 7) is -0.526. The van der Waals surface area contributed by atoms with E-state index in [1.165, 1.54) is 5.94 Å². The summed E-state index contributed by atoms with van der Waals surface area (Å²) in [5.41, 5.74) is 5.13. The Hall–Kier alpha value is -1.49. The molecule has 0 aliphatic rings. The van der Waals surface area contributed by atoms with E-state index in [9.17, 15) is 14.4 Å². The summed E-state index contributed by atoms with van der Waals surface area (Å²) < 4.78 is 0. The van der Waals surface area contributed by atoms with Crippen molar-refractivity contribution in [2.75, 3.05) is 6.61 Å². The number of carbonyl (C=O) groups is 2. The Morgan fingerprint density at radius 3 is 2.69 bits per heavy atom. The molecule has 6 heteroatoms. The van der Waals surface area contributed by atoms with E-state index >= 15 is 0 Å². The number of hydrogen-bond acceptors (Lipinski definition) is 5. The molecule has 72 valence electrons. The van der Waals surface area contributed by atoms with Gasteiger partial charge in [-0.3, -0.25) is 4.79 Å². The lowest BCUT2D eigenvalue weighted by atomic mass is 10.2. The molecule has 0 saturated heterocycles. The Labute approximate surface area is 74.4 Å². The number of aliphatic hydroxyl groups excluding tert-OH is 1. The molecule has 0 aromatic heterocycles. The maximum atomic E-state index is 10.9. The summed E-state index contributed by atoms with van der Waals surface area (Å²) in [6.07, 6.45) is 1.20. The molecule has 13 heavy (non-hydrogen) atoms. The first-order chi connectivity index (χ1) is 6.15. The lowest BCUT2D eigenvalue weighted by molar-refractivity contribution is -0.125. The molecule has 0 aromatic rings. The highest BCUT2D eigenvalue weighted by Gasteiger charge is 2.14. The van der Waals surface area contributed by atoms with Crippen LogP contribution in [0.3, 0.4) is 0 Å². The van der Waals surface area contributed by atoms with E-state index in [-0.39, 0.29) is 0 Å². The van der Waals surface area contributed by atoms with Crippen LogP contribution in [0.15, 0.2) is 6.08 Å². The van der Waals surface area contributed by atoms with E-state index in [1.54, 1.807) is 0 Å². The lowest BCUT2D eigenvalue weighted by Gasteiger charge is -2.10. The summed E-state index contributed by atoms with van der Waals surface area (Å²) in [7, 11) is 0. The minimum absolute atomic E-state index is 0.354. The van der Waals surface area contributed by atoms with Crippen molar-refractivity contribution >= 4 is 18.1 Å². The molecule has 0 rings (SSSR count). The van der Waals surface area contributed by atoms with Gasteiger partial charge in [0.1, 0.15) is 24.3 Å². The summed E-state index contributed by atoms with van der Waals surface area (Å²) in [6, 6.07) is -2.13. The van der Waals surface area contributed by atoms with Crippen LogP contribution in [-0.4, -0.2) is 41.9 Å². The topological polar surface area (TPSA) is 109 Å². The number of rotatable bonds is 5. The molecule has 0 spiro atoms. The summed E-state index contributed by atoms with van der Waals surface area (Å²) in [5, 5.41) is 10.6. The molecular formula is C7H10N2O4. The first-order valence-corrected chi connectivity index (χ1v) is 3.48. The molecule has 4 N–H and O–H groups in total. The van der Waals surface area contributed by atoms with Crippen molar-refractivity contribution < 1.29 is 19.5 Å². The fourth-order valence-corrected chi connectivity index (χ4v) is 0.542. The molecule has 0 unspecified atom stereocenters. The normalized spacial score (nSPS) is 13.7. The predicted octanol–water partition coefficient (Wildman–Crippen LogP) is -2.62. The van der Waals surface area contributed by atoms with Crippen molar-refractivity contribution in [1.29, 1.82) is 0 Å². The van der Waals surface area contributed by atoms with Gasteiger partial charge in [0.2, 0.25) is 5.91 Å². The van der Waals surface area contributed by atoms with Crippen LogP contribution < -0.4 is 11.1 Å². The highest BCUT2D eigenvalue weighted by Crippen LogP contribution is 1.82. The van der Waals surface area contributed by atoms with Crippen molar-refractivity contribution in [3.63, 3.8) is 0 Å². The van der Waals surface area contributed by atoms with Crippen molar-refractivity contribution in [3.8, 4) is 0 Å². The molecule has 6 nitrogen and oxygen atoms in total. The minimum Gasteiger partial charge on any atom is -0.394 e. The standard InChI is InChI=1S/C7H10N2O4/c8-6(4-12)7(13)9-5(3-11)1-2-10/h1,3,5-6,12H,4,8H2,(H,9,13)/t5-,6+/m0/s1. The third-order valence-corrected chi connectivity index (χ3v) is 1.24. The average molecular weight is 186 g/mol.